The molecule has 2 heterocycles. The number of allylic oxidation sites excluding steroid dienone is 2. The molecule has 0 radical (unpaired) electrons. The Morgan fingerprint density at radius 3 is 2.04 bits per heavy atom. The molecular formula is C54H72N8O12. The summed E-state index contributed by atoms with van der Waals surface area (Å²) in [7, 11) is 2.85. The molecular weight excluding hydrogens is 953 g/mol. The Kier molecular flexibility index (Phi) is 21.9. The highest BCUT2D eigenvalue weighted by Crippen LogP contribution is 2.22. The summed E-state index contributed by atoms with van der Waals surface area (Å²) in [5.41, 5.74) is 2.72. The van der Waals surface area contributed by atoms with Gasteiger partial charge in [-0.2, -0.15) is 0 Å². The first-order valence-corrected chi connectivity index (χ1v) is 24.6. The zero-order valence-corrected chi connectivity index (χ0v) is 43.5. The number of carbonyl (C=O) groups excluding carboxylic acids is 7. The monoisotopic (exact) mass is 1020 g/mol. The molecule has 0 aliphatic carbocycles. The number of likely N-dealkylation sites (N-methyl/N-ethyl adjacent to an activating group) is 1. The summed E-state index contributed by atoms with van der Waals surface area (Å²) in [6.45, 7) is 15.0. The number of benzene rings is 2. The van der Waals surface area contributed by atoms with Crippen molar-refractivity contribution in [3.8, 4) is 0 Å². The Hall–Kier alpha value is -7.61. The van der Waals surface area contributed by atoms with Crippen LogP contribution in [0.2, 0.25) is 0 Å². The van der Waals surface area contributed by atoms with Crippen LogP contribution in [-0.2, 0) is 60.7 Å². The third-order valence-corrected chi connectivity index (χ3v) is 13.1. The highest BCUT2D eigenvalue weighted by molar-refractivity contribution is 6.00. The minimum atomic E-state index is -1.88. The maximum absolute atomic E-state index is 14.8. The third-order valence-electron chi connectivity index (χ3n) is 13.1. The summed E-state index contributed by atoms with van der Waals surface area (Å²) in [4.78, 5) is 127. The van der Waals surface area contributed by atoms with E-state index in [1.807, 2.05) is 68.5 Å². The zero-order chi connectivity index (χ0) is 55.0. The first-order valence-electron chi connectivity index (χ1n) is 24.6. The van der Waals surface area contributed by atoms with Gasteiger partial charge in [0.05, 0.1) is 24.0 Å². The van der Waals surface area contributed by atoms with Gasteiger partial charge < -0.3 is 56.7 Å². The lowest BCUT2D eigenvalue weighted by Crippen LogP contribution is -2.59. The van der Waals surface area contributed by atoms with Gasteiger partial charge in [-0.15, -0.1) is 0 Å². The highest BCUT2D eigenvalue weighted by Gasteiger charge is 2.38. The molecule has 2 aromatic carbocycles. The predicted molar refractivity (Wildman–Crippen MR) is 276 cm³/mol. The summed E-state index contributed by atoms with van der Waals surface area (Å²) in [5, 5.41) is 36.8. The number of methoxy groups -OCH3 is 1. The zero-order valence-electron chi connectivity index (χ0n) is 43.5. The Morgan fingerprint density at radius 1 is 0.784 bits per heavy atom. The van der Waals surface area contributed by atoms with Crippen molar-refractivity contribution in [2.75, 3.05) is 14.2 Å². The van der Waals surface area contributed by atoms with Gasteiger partial charge in [-0.1, -0.05) is 114 Å². The third kappa shape index (κ3) is 16.7. The maximum Gasteiger partial charge on any atom is 0.327 e. The number of aromatic nitrogens is 1. The second-order valence-corrected chi connectivity index (χ2v) is 19.4. The number of fused-ring (bicyclic) bond motifs is 1. The molecule has 3 aromatic rings. The Morgan fingerprint density at radius 2 is 1.41 bits per heavy atom. The van der Waals surface area contributed by atoms with E-state index in [1.54, 1.807) is 45.4 Å². The van der Waals surface area contributed by atoms with Crippen molar-refractivity contribution >= 4 is 64.2 Å². The van der Waals surface area contributed by atoms with Gasteiger partial charge in [0.25, 0.3) is 5.91 Å². The molecule has 0 bridgehead atoms. The fraction of sp³-hybridized carbons (Fsp3) is 0.463. The number of aliphatic carboxylic acids is 2. The average molecular weight is 1030 g/mol. The molecule has 0 spiro atoms. The van der Waals surface area contributed by atoms with Crippen LogP contribution in [0.25, 0.3) is 10.9 Å². The van der Waals surface area contributed by atoms with Crippen LogP contribution in [0.5, 0.6) is 0 Å². The maximum atomic E-state index is 14.8. The topological polar surface area (TPSA) is 295 Å². The van der Waals surface area contributed by atoms with Crippen LogP contribution < -0.4 is 31.9 Å². The first-order chi connectivity index (χ1) is 34.9. The van der Waals surface area contributed by atoms with E-state index in [1.165, 1.54) is 27.8 Å². The van der Waals surface area contributed by atoms with E-state index < -0.39 is 120 Å². The summed E-state index contributed by atoms with van der Waals surface area (Å²) in [6, 6.07) is 8.28. The molecule has 20 nitrogen and oxygen atoms in total. The van der Waals surface area contributed by atoms with Gasteiger partial charge in [-0.3, -0.25) is 33.6 Å². The standard InChI is InChI=1S/C54H72N8O12/c1-29(2)24-42-52(69)61-46(54(72)73)33(6)48(65)59-43(27-37-28-55-40-19-15-14-18-38(37)40)51(68)57-39(21-20-30(3)25-31(4)44(74-10)26-36-16-12-11-13-17-36)32(5)47(64)58-41(53(70)71)22-23-45(63)62(9)35(8)50(67)56-34(7)49(66)60-42/h11-21,25,28-29,31-34,39,41-44,46,55H,8,22-24,26-27H2,1-7,9-10H3,(H,56,67)(H,57,68)(H,58,64)(H,59,65)(H,60,66)(H,61,69)(H,70,71)(H,72,73)/t31-,32-,33-,34+,39-,41+,42-,43-,44-,46+/m0/s1. The number of amides is 7. The summed E-state index contributed by atoms with van der Waals surface area (Å²) >= 11 is 0. The van der Waals surface area contributed by atoms with E-state index in [4.69, 9.17) is 4.74 Å². The number of hydrogen-bond acceptors (Lipinski definition) is 10. The quantitative estimate of drug-likeness (QED) is 0.0881. The van der Waals surface area contributed by atoms with Gasteiger partial charge in [-0.25, -0.2) is 9.59 Å². The molecule has 9 N–H and O–H groups in total. The number of aromatic amines is 1. The van der Waals surface area contributed by atoms with Gasteiger partial charge in [0, 0.05) is 50.0 Å². The number of rotatable bonds is 13. The number of carbonyl (C=O) groups is 9. The molecule has 1 fully saturated rings. The van der Waals surface area contributed by atoms with Gasteiger partial charge >= 0.3 is 11.9 Å². The SMILES string of the molecule is C=C1C(=O)N[C@H](C)C(=O)N[C@@H](CC(C)C)C(=O)N[C@@H](C(=O)O)[C@H](C)C(=O)N[C@@H](Cc2c[nH]c3ccccc23)C(=O)N[C@@H](C=CC(C)=C[C@H](C)[C@H](Cc2ccccc2)OC)[C@H](C)C(=O)N[C@@H](C(=O)O)CCC(=O)N1C. The number of ether oxygens (including phenoxy) is 1. The van der Waals surface area contributed by atoms with Crippen molar-refractivity contribution in [1.29, 1.82) is 0 Å². The number of para-hydroxylation sites is 1. The van der Waals surface area contributed by atoms with E-state index in [0.29, 0.717) is 12.0 Å². The van der Waals surface area contributed by atoms with Crippen molar-refractivity contribution in [3.63, 3.8) is 0 Å². The largest absolute Gasteiger partial charge is 0.480 e. The molecule has 1 aliphatic rings. The van der Waals surface area contributed by atoms with E-state index >= 15 is 0 Å². The number of nitrogens with one attached hydrogen (secondary N) is 7. The number of hydrogen-bond donors (Lipinski definition) is 9. The number of carboxylic acids is 2. The van der Waals surface area contributed by atoms with Gasteiger partial charge in [-0.05, 0) is 56.2 Å². The van der Waals surface area contributed by atoms with Crippen LogP contribution in [0, 0.1) is 23.7 Å². The van der Waals surface area contributed by atoms with Crippen molar-refractivity contribution in [3.05, 3.63) is 108 Å². The van der Waals surface area contributed by atoms with E-state index in [0.717, 1.165) is 26.9 Å². The number of H-pyrrole nitrogens is 1. The lowest BCUT2D eigenvalue weighted by atomic mass is 9.94. The van der Waals surface area contributed by atoms with Crippen molar-refractivity contribution in [1.82, 2.24) is 41.8 Å². The van der Waals surface area contributed by atoms with Crippen LogP contribution in [0.3, 0.4) is 0 Å². The predicted octanol–water partition coefficient (Wildman–Crippen LogP) is 3.29. The summed E-state index contributed by atoms with van der Waals surface area (Å²) < 4.78 is 5.85. The van der Waals surface area contributed by atoms with Crippen molar-refractivity contribution < 1.29 is 58.1 Å². The Bertz CT molecular complexity index is 2590. The highest BCUT2D eigenvalue weighted by atomic mass is 16.5. The molecule has 4 rings (SSSR count). The number of nitrogens with zero attached hydrogens (tertiary/aromatic N) is 1. The van der Waals surface area contributed by atoms with Gasteiger partial charge in [0.1, 0.15) is 35.9 Å². The van der Waals surface area contributed by atoms with Crippen LogP contribution in [0.4, 0.5) is 0 Å². The summed E-state index contributed by atoms with van der Waals surface area (Å²) in [6.07, 6.45) is 6.26. The van der Waals surface area contributed by atoms with Crippen molar-refractivity contribution in [2.24, 2.45) is 23.7 Å². The second kappa shape index (κ2) is 27.4. The smallest absolute Gasteiger partial charge is 0.327 e. The Balaban J connectivity index is 1.81. The van der Waals surface area contributed by atoms with Gasteiger partial charge in [0.2, 0.25) is 35.4 Å². The average Bonchev–Trinajstić information content (AvgIpc) is 3.77. The van der Waals surface area contributed by atoms with E-state index in [9.17, 15) is 53.4 Å². The van der Waals surface area contributed by atoms with Crippen molar-refractivity contribution in [2.45, 2.75) is 123 Å². The second-order valence-electron chi connectivity index (χ2n) is 19.4. The molecule has 0 unspecified atom stereocenters. The van der Waals surface area contributed by atoms with Crippen LogP contribution in [0.15, 0.2) is 96.9 Å². The molecule has 7 amide bonds. The van der Waals surface area contributed by atoms with Crippen LogP contribution in [0.1, 0.15) is 78.9 Å². The van der Waals surface area contributed by atoms with Gasteiger partial charge in [0.15, 0.2) is 0 Å². The molecule has 1 aliphatic heterocycles. The number of carboxylic acid groups (broad SMARTS) is 2. The molecule has 1 aromatic heterocycles. The fourth-order valence-corrected chi connectivity index (χ4v) is 8.41. The minimum absolute atomic E-state index is 0.0149. The molecule has 20 heteroatoms. The molecule has 400 valence electrons. The summed E-state index contributed by atoms with van der Waals surface area (Å²) in [5.74, 6) is -12.2. The molecule has 1 saturated heterocycles. The Labute approximate surface area is 431 Å². The minimum Gasteiger partial charge on any atom is -0.480 e. The first kappa shape index (κ1) is 59.0. The lowest BCUT2D eigenvalue weighted by Gasteiger charge is -2.28. The van der Waals surface area contributed by atoms with E-state index in [-0.39, 0.29) is 30.8 Å². The lowest BCUT2D eigenvalue weighted by molar-refractivity contribution is -0.146. The van der Waals surface area contributed by atoms with E-state index in [2.05, 4.69) is 43.5 Å². The molecule has 10 atom stereocenters. The molecule has 0 saturated carbocycles. The fourth-order valence-electron chi connectivity index (χ4n) is 8.41. The molecule has 74 heavy (non-hydrogen) atoms. The normalized spacial score (nSPS) is 24.9. The van der Waals surface area contributed by atoms with Crippen LogP contribution >= 0.6 is 0 Å². The van der Waals surface area contributed by atoms with Crippen LogP contribution in [-0.4, -0.2) is 130 Å².